The third-order valence-electron chi connectivity index (χ3n) is 8.30. The lowest BCUT2D eigenvalue weighted by molar-refractivity contribution is -0.121. The van der Waals surface area contributed by atoms with Crippen LogP contribution in [0.2, 0.25) is 0 Å². The standard InChI is InChI=1S/C35H23FN4O4S2/c1-20-8-7-11-22(16-20)18-39-26-13-6-5-12-25(26)35(32(39)43)28-29(41)24-17-23(36)14-15-27(24)44-30(28)31(42)40(35)33-37-38-34(46-33)45-19-21-9-3-2-4-10-21/h2-17H,18-19H2,1H3. The second-order valence-electron chi connectivity index (χ2n) is 11.1. The minimum Gasteiger partial charge on any atom is -0.450 e. The van der Waals surface area contributed by atoms with Gasteiger partial charge in [-0.2, -0.15) is 0 Å². The number of thioether (sulfide) groups is 1. The van der Waals surface area contributed by atoms with E-state index < -0.39 is 28.6 Å². The monoisotopic (exact) mass is 646 g/mol. The summed E-state index contributed by atoms with van der Waals surface area (Å²) in [5.74, 6) is -1.51. The first-order valence-electron chi connectivity index (χ1n) is 14.4. The lowest BCUT2D eigenvalue weighted by Gasteiger charge is -2.32. The van der Waals surface area contributed by atoms with Gasteiger partial charge in [-0.05, 0) is 42.3 Å². The summed E-state index contributed by atoms with van der Waals surface area (Å²) >= 11 is 2.60. The Bertz CT molecular complexity index is 2270. The van der Waals surface area contributed by atoms with Crippen molar-refractivity contribution < 1.29 is 18.4 Å². The predicted molar refractivity (Wildman–Crippen MR) is 175 cm³/mol. The normalized spacial score (nSPS) is 16.9. The molecule has 1 atom stereocenters. The van der Waals surface area contributed by atoms with Crippen LogP contribution in [0.25, 0.3) is 11.0 Å². The van der Waals surface area contributed by atoms with Crippen LogP contribution < -0.4 is 15.2 Å². The van der Waals surface area contributed by atoms with Gasteiger partial charge in [-0.15, -0.1) is 10.2 Å². The average Bonchev–Trinajstić information content (AvgIpc) is 3.70. The maximum Gasteiger partial charge on any atom is 0.297 e. The van der Waals surface area contributed by atoms with Crippen LogP contribution in [0, 0.1) is 12.7 Å². The van der Waals surface area contributed by atoms with Crippen LogP contribution in [0.1, 0.15) is 38.4 Å². The molecule has 1 spiro atoms. The number of carbonyl (C=O) groups is 2. The molecule has 0 N–H and O–H groups in total. The number of halogens is 1. The highest BCUT2D eigenvalue weighted by Crippen LogP contribution is 2.55. The summed E-state index contributed by atoms with van der Waals surface area (Å²) in [7, 11) is 0. The predicted octanol–water partition coefficient (Wildman–Crippen LogP) is 6.84. The van der Waals surface area contributed by atoms with Gasteiger partial charge in [0, 0.05) is 11.3 Å². The Hall–Kier alpha value is -5.13. The first-order chi connectivity index (χ1) is 22.4. The number of amides is 2. The van der Waals surface area contributed by atoms with Crippen LogP contribution in [0.3, 0.4) is 0 Å². The average molecular weight is 647 g/mol. The number of hydrogen-bond donors (Lipinski definition) is 0. The molecule has 0 fully saturated rings. The van der Waals surface area contributed by atoms with E-state index in [0.29, 0.717) is 21.3 Å². The molecular formula is C35H23FN4O4S2. The highest BCUT2D eigenvalue weighted by Gasteiger charge is 2.66. The van der Waals surface area contributed by atoms with Crippen molar-refractivity contribution in [3.8, 4) is 0 Å². The van der Waals surface area contributed by atoms with Crippen LogP contribution in [0.5, 0.6) is 0 Å². The lowest BCUT2D eigenvalue weighted by Crippen LogP contribution is -2.53. The highest BCUT2D eigenvalue weighted by atomic mass is 32.2. The molecule has 2 aliphatic heterocycles. The Morgan fingerprint density at radius 1 is 0.891 bits per heavy atom. The van der Waals surface area contributed by atoms with Crippen molar-refractivity contribution in [1.82, 2.24) is 10.2 Å². The van der Waals surface area contributed by atoms with E-state index in [0.717, 1.165) is 40.2 Å². The van der Waals surface area contributed by atoms with Crippen molar-refractivity contribution in [1.29, 1.82) is 0 Å². The number of carbonyl (C=O) groups excluding carboxylic acids is 2. The van der Waals surface area contributed by atoms with Gasteiger partial charge in [-0.25, -0.2) is 4.39 Å². The zero-order valence-corrected chi connectivity index (χ0v) is 25.9. The number of para-hydroxylation sites is 1. The molecular weight excluding hydrogens is 624 g/mol. The maximum absolute atomic E-state index is 15.1. The molecule has 8 nitrogen and oxygen atoms in total. The molecule has 0 saturated heterocycles. The van der Waals surface area contributed by atoms with Gasteiger partial charge in [-0.1, -0.05) is 101 Å². The molecule has 4 aromatic carbocycles. The summed E-state index contributed by atoms with van der Waals surface area (Å²) in [5.41, 5.74) is 1.24. The van der Waals surface area contributed by atoms with Crippen LogP contribution in [0.15, 0.2) is 111 Å². The third kappa shape index (κ3) is 4.22. The van der Waals surface area contributed by atoms with E-state index in [2.05, 4.69) is 10.2 Å². The smallest absolute Gasteiger partial charge is 0.297 e. The van der Waals surface area contributed by atoms with E-state index in [-0.39, 0.29) is 34.0 Å². The number of hydrogen-bond acceptors (Lipinski definition) is 8. The SMILES string of the molecule is Cc1cccc(CN2C(=O)C3(c4ccccc42)c2c(oc4ccc(F)cc4c2=O)C(=O)N3c2nnc(SCc3ccccc3)s2)c1. The van der Waals surface area contributed by atoms with Gasteiger partial charge in [0.1, 0.15) is 11.4 Å². The number of rotatable bonds is 6. The Labute approximate surface area is 270 Å². The van der Waals surface area contributed by atoms with Crippen molar-refractivity contribution in [2.24, 2.45) is 0 Å². The van der Waals surface area contributed by atoms with E-state index >= 15 is 4.79 Å². The van der Waals surface area contributed by atoms with Gasteiger partial charge in [0.05, 0.1) is 23.2 Å². The fourth-order valence-corrected chi connectivity index (χ4v) is 8.20. The number of nitrogens with zero attached hydrogens (tertiary/aromatic N) is 4. The summed E-state index contributed by atoms with van der Waals surface area (Å²) < 4.78 is 21.1. The first-order valence-corrected chi connectivity index (χ1v) is 16.2. The van der Waals surface area contributed by atoms with Crippen LogP contribution in [-0.4, -0.2) is 22.0 Å². The van der Waals surface area contributed by atoms with Gasteiger partial charge in [0.15, 0.2) is 15.3 Å². The Morgan fingerprint density at radius 3 is 2.50 bits per heavy atom. The highest BCUT2D eigenvalue weighted by molar-refractivity contribution is 8.00. The lowest BCUT2D eigenvalue weighted by atomic mass is 9.84. The van der Waals surface area contributed by atoms with Crippen molar-refractivity contribution in [2.75, 3.05) is 9.80 Å². The van der Waals surface area contributed by atoms with E-state index in [1.54, 1.807) is 29.2 Å². The second-order valence-corrected chi connectivity index (χ2v) is 13.3. The van der Waals surface area contributed by atoms with Gasteiger partial charge in [0.25, 0.3) is 11.8 Å². The van der Waals surface area contributed by atoms with E-state index in [9.17, 15) is 14.0 Å². The molecule has 8 rings (SSSR count). The van der Waals surface area contributed by atoms with Crippen molar-refractivity contribution in [3.63, 3.8) is 0 Å². The number of aromatic nitrogens is 2. The summed E-state index contributed by atoms with van der Waals surface area (Å²) in [5, 5.41) is 8.81. The summed E-state index contributed by atoms with van der Waals surface area (Å²) in [4.78, 5) is 46.7. The molecule has 11 heteroatoms. The fraction of sp³-hybridized carbons (Fsp3) is 0.114. The zero-order chi connectivity index (χ0) is 31.6. The van der Waals surface area contributed by atoms with Gasteiger partial charge < -0.3 is 9.32 Å². The molecule has 1 unspecified atom stereocenters. The van der Waals surface area contributed by atoms with Crippen molar-refractivity contribution >= 4 is 56.7 Å². The topological polar surface area (TPSA) is 96.6 Å². The number of aryl methyl sites for hydroxylation is 1. The molecule has 4 heterocycles. The molecule has 0 bridgehead atoms. The van der Waals surface area contributed by atoms with Crippen molar-refractivity contribution in [3.05, 3.63) is 147 Å². The maximum atomic E-state index is 15.1. The Kier molecular flexibility index (Phi) is 6.62. The summed E-state index contributed by atoms with van der Waals surface area (Å²) in [6.07, 6.45) is 0. The van der Waals surface area contributed by atoms with Gasteiger partial charge >= 0.3 is 0 Å². The quantitative estimate of drug-likeness (QED) is 0.145. The number of fused-ring (bicyclic) bond motifs is 5. The van der Waals surface area contributed by atoms with E-state index in [4.69, 9.17) is 4.42 Å². The second kappa shape index (κ2) is 10.7. The van der Waals surface area contributed by atoms with Gasteiger partial charge in [-0.3, -0.25) is 19.3 Å². The fourth-order valence-electron chi connectivity index (χ4n) is 6.36. The van der Waals surface area contributed by atoms with E-state index in [1.165, 1.54) is 22.7 Å². The zero-order valence-electron chi connectivity index (χ0n) is 24.3. The van der Waals surface area contributed by atoms with Gasteiger partial charge in [0.2, 0.25) is 10.9 Å². The summed E-state index contributed by atoms with van der Waals surface area (Å²) in [6.45, 7) is 2.16. The molecule has 0 radical (unpaired) electrons. The molecule has 0 saturated carbocycles. The Morgan fingerprint density at radius 2 is 1.67 bits per heavy atom. The molecule has 2 aromatic heterocycles. The molecule has 46 heavy (non-hydrogen) atoms. The van der Waals surface area contributed by atoms with Crippen molar-refractivity contribution in [2.45, 2.75) is 29.1 Å². The molecule has 6 aromatic rings. The van der Waals surface area contributed by atoms with Crippen LogP contribution in [-0.2, 0) is 22.6 Å². The molecule has 0 aliphatic carbocycles. The minimum atomic E-state index is -1.95. The minimum absolute atomic E-state index is 0.0437. The van der Waals surface area contributed by atoms with Crippen LogP contribution >= 0.6 is 23.1 Å². The largest absolute Gasteiger partial charge is 0.450 e. The molecule has 2 amide bonds. The number of benzene rings is 4. The van der Waals surface area contributed by atoms with E-state index in [1.807, 2.05) is 61.5 Å². The molecule has 226 valence electrons. The number of anilines is 2. The summed E-state index contributed by atoms with van der Waals surface area (Å²) in [6, 6.07) is 28.3. The molecule has 2 aliphatic rings. The Balaban J connectivity index is 1.34. The van der Waals surface area contributed by atoms with Crippen LogP contribution in [0.4, 0.5) is 15.2 Å². The third-order valence-corrected chi connectivity index (χ3v) is 10.4. The first kappa shape index (κ1) is 28.4.